The molecule has 0 aliphatic heterocycles. The lowest BCUT2D eigenvalue weighted by Gasteiger charge is -2.19. The van der Waals surface area contributed by atoms with Gasteiger partial charge in [-0.1, -0.05) is 0 Å². The molecule has 0 unspecified atom stereocenters. The van der Waals surface area contributed by atoms with Gasteiger partial charge >= 0.3 is 6.09 Å². The molecule has 0 saturated heterocycles. The van der Waals surface area contributed by atoms with E-state index in [1.165, 1.54) is 6.92 Å². The highest BCUT2D eigenvalue weighted by atomic mass is 16.6. The number of benzene rings is 1. The minimum atomic E-state index is -0.665. The van der Waals surface area contributed by atoms with E-state index < -0.39 is 11.7 Å². The number of aromatic nitrogens is 2. The van der Waals surface area contributed by atoms with Crippen LogP contribution in [0.1, 0.15) is 34.1 Å². The van der Waals surface area contributed by atoms with Crippen LogP contribution in [0.3, 0.4) is 0 Å². The number of Topliss-reactive ketones (excluding diaryl/α,β-unsaturated/α-hetero) is 1. The first-order chi connectivity index (χ1) is 10.7. The highest BCUT2D eigenvalue weighted by Gasteiger charge is 2.20. The van der Waals surface area contributed by atoms with Crippen molar-refractivity contribution >= 4 is 28.5 Å². The third kappa shape index (κ3) is 4.21. The fourth-order valence-corrected chi connectivity index (χ4v) is 2.08. The maximum absolute atomic E-state index is 12.2. The molecule has 7 nitrogen and oxygen atoms in total. The smallest absolute Gasteiger partial charge is 0.434 e. The molecule has 0 bridgehead atoms. The SMILES string of the molecule is CC(=O)CCNc1ccc2c(=O)[nH]n(C(=O)OC(C)(C)C)c2c1. The van der Waals surface area contributed by atoms with Crippen LogP contribution in [-0.4, -0.2) is 33.8 Å². The Hall–Kier alpha value is -2.57. The Morgan fingerprint density at radius 3 is 2.61 bits per heavy atom. The van der Waals surface area contributed by atoms with Gasteiger partial charge in [0.25, 0.3) is 5.56 Å². The number of ketones is 1. The van der Waals surface area contributed by atoms with E-state index in [9.17, 15) is 14.4 Å². The molecule has 124 valence electrons. The lowest BCUT2D eigenvalue weighted by molar-refractivity contribution is -0.116. The highest BCUT2D eigenvalue weighted by Crippen LogP contribution is 2.18. The van der Waals surface area contributed by atoms with Crippen LogP contribution < -0.4 is 10.9 Å². The molecule has 0 atom stereocenters. The zero-order valence-electron chi connectivity index (χ0n) is 13.7. The normalized spacial score (nSPS) is 11.5. The first kappa shape index (κ1) is 16.8. The summed E-state index contributed by atoms with van der Waals surface area (Å²) >= 11 is 0. The van der Waals surface area contributed by atoms with Crippen molar-refractivity contribution in [2.24, 2.45) is 0 Å². The lowest BCUT2D eigenvalue weighted by atomic mass is 10.2. The summed E-state index contributed by atoms with van der Waals surface area (Å²) in [7, 11) is 0. The number of H-pyrrole nitrogens is 1. The molecule has 2 N–H and O–H groups in total. The van der Waals surface area contributed by atoms with Crippen LogP contribution in [0.4, 0.5) is 10.5 Å². The number of aromatic amines is 1. The van der Waals surface area contributed by atoms with Crippen molar-refractivity contribution in [1.29, 1.82) is 0 Å². The lowest BCUT2D eigenvalue weighted by Crippen LogP contribution is -2.28. The number of anilines is 1. The Balaban J connectivity index is 2.32. The number of hydrogen-bond donors (Lipinski definition) is 2. The number of rotatable bonds is 4. The second kappa shape index (κ2) is 6.28. The number of fused-ring (bicyclic) bond motifs is 1. The molecule has 0 radical (unpaired) electrons. The van der Waals surface area contributed by atoms with E-state index in [0.717, 1.165) is 10.4 Å². The standard InChI is InChI=1S/C16H21N3O4/c1-10(20)7-8-17-11-5-6-12-13(9-11)19(18-14(12)21)15(22)23-16(2,3)4/h5-6,9,17H,7-8H2,1-4H3,(H,18,21). The van der Waals surface area contributed by atoms with E-state index in [4.69, 9.17) is 4.74 Å². The Labute approximate surface area is 133 Å². The number of nitrogens with zero attached hydrogens (tertiary/aromatic N) is 1. The predicted octanol–water partition coefficient (Wildman–Crippen LogP) is 2.50. The highest BCUT2D eigenvalue weighted by molar-refractivity contribution is 5.89. The van der Waals surface area contributed by atoms with Crippen LogP contribution >= 0.6 is 0 Å². The molecule has 0 saturated carbocycles. The molecule has 0 amide bonds. The van der Waals surface area contributed by atoms with Crippen LogP contribution in [0, 0.1) is 0 Å². The van der Waals surface area contributed by atoms with E-state index in [2.05, 4.69) is 10.4 Å². The number of ether oxygens (including phenoxy) is 1. The van der Waals surface area contributed by atoms with Crippen LogP contribution in [-0.2, 0) is 9.53 Å². The minimum absolute atomic E-state index is 0.0888. The summed E-state index contributed by atoms with van der Waals surface area (Å²) < 4.78 is 6.38. The average Bonchev–Trinajstić information content (AvgIpc) is 2.74. The summed E-state index contributed by atoms with van der Waals surface area (Å²) in [4.78, 5) is 35.1. The molecule has 7 heteroatoms. The molecular formula is C16H21N3O4. The summed E-state index contributed by atoms with van der Waals surface area (Å²) in [5.41, 5.74) is 0.121. The second-order valence-corrected chi connectivity index (χ2v) is 6.37. The van der Waals surface area contributed by atoms with Gasteiger partial charge in [0.05, 0.1) is 10.9 Å². The van der Waals surface area contributed by atoms with Gasteiger partial charge in [-0.05, 0) is 45.9 Å². The van der Waals surface area contributed by atoms with E-state index in [0.29, 0.717) is 23.9 Å². The predicted molar refractivity (Wildman–Crippen MR) is 88.0 cm³/mol. The van der Waals surface area contributed by atoms with Crippen molar-refractivity contribution in [1.82, 2.24) is 9.78 Å². The Morgan fingerprint density at radius 1 is 1.30 bits per heavy atom. The van der Waals surface area contributed by atoms with Crippen molar-refractivity contribution in [3.63, 3.8) is 0 Å². The molecule has 2 rings (SSSR count). The van der Waals surface area contributed by atoms with Crippen LogP contribution in [0.2, 0.25) is 0 Å². The topological polar surface area (TPSA) is 93.2 Å². The van der Waals surface area contributed by atoms with Crippen molar-refractivity contribution in [3.05, 3.63) is 28.6 Å². The third-order valence-electron chi connectivity index (χ3n) is 3.08. The van der Waals surface area contributed by atoms with E-state index in [1.54, 1.807) is 39.0 Å². The molecule has 0 spiro atoms. The van der Waals surface area contributed by atoms with E-state index in [-0.39, 0.29) is 11.3 Å². The largest absolute Gasteiger partial charge is 0.442 e. The van der Waals surface area contributed by atoms with Crippen LogP contribution in [0.25, 0.3) is 10.9 Å². The molecular weight excluding hydrogens is 298 g/mol. The molecule has 2 aromatic rings. The molecule has 0 fully saturated rings. The number of hydrogen-bond acceptors (Lipinski definition) is 5. The summed E-state index contributed by atoms with van der Waals surface area (Å²) in [5, 5.41) is 5.97. The summed E-state index contributed by atoms with van der Waals surface area (Å²) in [6, 6.07) is 5.04. The summed E-state index contributed by atoms with van der Waals surface area (Å²) in [6.45, 7) is 7.27. The molecule has 1 heterocycles. The number of carbonyl (C=O) groups excluding carboxylic acids is 2. The maximum Gasteiger partial charge on any atom is 0.434 e. The second-order valence-electron chi connectivity index (χ2n) is 6.37. The first-order valence-electron chi connectivity index (χ1n) is 7.39. The maximum atomic E-state index is 12.2. The zero-order chi connectivity index (χ0) is 17.2. The number of carbonyl (C=O) groups is 2. The van der Waals surface area contributed by atoms with Crippen molar-refractivity contribution < 1.29 is 14.3 Å². The third-order valence-corrected chi connectivity index (χ3v) is 3.08. The van der Waals surface area contributed by atoms with Crippen LogP contribution in [0.15, 0.2) is 23.0 Å². The van der Waals surface area contributed by atoms with Crippen LogP contribution in [0.5, 0.6) is 0 Å². The Bertz CT molecular complexity index is 796. The first-order valence-corrected chi connectivity index (χ1v) is 7.39. The Morgan fingerprint density at radius 2 is 2.00 bits per heavy atom. The summed E-state index contributed by atoms with van der Waals surface area (Å²) in [6.07, 6.45) is -0.241. The minimum Gasteiger partial charge on any atom is -0.442 e. The molecule has 23 heavy (non-hydrogen) atoms. The van der Waals surface area contributed by atoms with Crippen molar-refractivity contribution in [2.45, 2.75) is 39.7 Å². The van der Waals surface area contributed by atoms with Gasteiger partial charge < -0.3 is 10.1 Å². The monoisotopic (exact) mass is 319 g/mol. The van der Waals surface area contributed by atoms with Gasteiger partial charge in [0, 0.05) is 18.7 Å². The molecule has 1 aromatic heterocycles. The number of nitrogens with one attached hydrogen (secondary N) is 2. The van der Waals surface area contributed by atoms with Gasteiger partial charge in [-0.2, -0.15) is 4.68 Å². The molecule has 0 aliphatic rings. The average molecular weight is 319 g/mol. The fourth-order valence-electron chi connectivity index (χ4n) is 2.08. The van der Waals surface area contributed by atoms with E-state index in [1.807, 2.05) is 0 Å². The van der Waals surface area contributed by atoms with E-state index >= 15 is 0 Å². The van der Waals surface area contributed by atoms with Crippen molar-refractivity contribution in [2.75, 3.05) is 11.9 Å². The summed E-state index contributed by atoms with van der Waals surface area (Å²) in [5.74, 6) is 0.0888. The molecule has 1 aromatic carbocycles. The quantitative estimate of drug-likeness (QED) is 0.903. The van der Waals surface area contributed by atoms with Gasteiger partial charge in [-0.15, -0.1) is 0 Å². The van der Waals surface area contributed by atoms with Gasteiger partial charge in [0.15, 0.2) is 0 Å². The zero-order valence-corrected chi connectivity index (χ0v) is 13.7. The molecule has 0 aliphatic carbocycles. The van der Waals surface area contributed by atoms with Gasteiger partial charge in [0.2, 0.25) is 0 Å². The fraction of sp³-hybridized carbons (Fsp3) is 0.438. The van der Waals surface area contributed by atoms with Gasteiger partial charge in [-0.25, -0.2) is 4.79 Å². The van der Waals surface area contributed by atoms with Gasteiger partial charge in [-0.3, -0.25) is 14.7 Å². The van der Waals surface area contributed by atoms with Crippen molar-refractivity contribution in [3.8, 4) is 0 Å². The Kier molecular flexibility index (Phi) is 4.58. The van der Waals surface area contributed by atoms with Gasteiger partial charge in [0.1, 0.15) is 11.4 Å².